The molecule has 0 amide bonds. The van der Waals surface area contributed by atoms with Gasteiger partial charge in [-0.3, -0.25) is 0 Å². The molecule has 0 spiro atoms. The van der Waals surface area contributed by atoms with Gasteiger partial charge in [0.25, 0.3) is 0 Å². The van der Waals surface area contributed by atoms with Crippen molar-refractivity contribution in [1.82, 2.24) is 0 Å². The summed E-state index contributed by atoms with van der Waals surface area (Å²) in [7, 11) is 0. The maximum absolute atomic E-state index is 11.3. The van der Waals surface area contributed by atoms with Crippen LogP contribution in [0.3, 0.4) is 0 Å². The van der Waals surface area contributed by atoms with Crippen molar-refractivity contribution < 1.29 is 27.5 Å². The van der Waals surface area contributed by atoms with E-state index in [1.807, 2.05) is 32.9 Å². The van der Waals surface area contributed by atoms with Crippen molar-refractivity contribution >= 4 is 0 Å². The molecule has 1 nitrogen and oxygen atoms in total. The average Bonchev–Trinajstić information content (AvgIpc) is 1.85. The van der Waals surface area contributed by atoms with Gasteiger partial charge < -0.3 is 5.11 Å². The second kappa shape index (κ2) is 4.70. The van der Waals surface area contributed by atoms with Crippen LogP contribution < -0.4 is 5.11 Å². The van der Waals surface area contributed by atoms with Crippen LogP contribution >= 0.6 is 0 Å². The maximum Gasteiger partial charge on any atom is 1.00 e. The summed E-state index contributed by atoms with van der Waals surface area (Å²) in [5.41, 5.74) is 1.95. The predicted octanol–water partition coefficient (Wildman–Crippen LogP) is 2.19. The fourth-order valence-corrected chi connectivity index (χ4v) is 1.12. The fraction of sp³-hybridized carbons (Fsp3) is 0.400. The SMILES string of the molecule is Cc1ccc(C(C)C)c([O-])c1.[Ag+]. The average molecular weight is 257 g/mol. The number of aryl methyl sites for hydroxylation is 1. The zero-order valence-corrected chi connectivity index (χ0v) is 9.00. The summed E-state index contributed by atoms with van der Waals surface area (Å²) >= 11 is 0. The minimum Gasteiger partial charge on any atom is -0.872 e. The first-order chi connectivity index (χ1) is 5.11. The number of hydrogen-bond acceptors (Lipinski definition) is 1. The van der Waals surface area contributed by atoms with Gasteiger partial charge in [0.05, 0.1) is 0 Å². The molecule has 0 heterocycles. The molecule has 1 aromatic carbocycles. The van der Waals surface area contributed by atoms with E-state index in [0.717, 1.165) is 11.1 Å². The molecule has 0 aliphatic heterocycles. The van der Waals surface area contributed by atoms with Crippen molar-refractivity contribution in [2.75, 3.05) is 0 Å². The predicted molar refractivity (Wildman–Crippen MR) is 44.7 cm³/mol. The van der Waals surface area contributed by atoms with Crippen LogP contribution in [0.4, 0.5) is 0 Å². The van der Waals surface area contributed by atoms with E-state index in [-0.39, 0.29) is 28.1 Å². The van der Waals surface area contributed by atoms with Crippen LogP contribution in [0, 0.1) is 6.92 Å². The van der Waals surface area contributed by atoms with E-state index in [4.69, 9.17) is 0 Å². The molecule has 0 unspecified atom stereocenters. The molecule has 0 N–H and O–H groups in total. The standard InChI is InChI=1S/C10H14O.Ag/c1-7(2)9-5-4-8(3)6-10(9)11;/h4-7,11H,1-3H3;/q;+1/p-1. The zero-order valence-electron chi connectivity index (χ0n) is 7.52. The van der Waals surface area contributed by atoms with E-state index in [0.29, 0.717) is 5.92 Å². The smallest absolute Gasteiger partial charge is 0.872 e. The molecule has 0 aliphatic carbocycles. The van der Waals surface area contributed by atoms with Gasteiger partial charge >= 0.3 is 22.4 Å². The van der Waals surface area contributed by atoms with Gasteiger partial charge in [-0.1, -0.05) is 43.2 Å². The quantitative estimate of drug-likeness (QED) is 0.707. The van der Waals surface area contributed by atoms with Crippen molar-refractivity contribution in [2.45, 2.75) is 26.7 Å². The molecule has 0 aromatic heterocycles. The van der Waals surface area contributed by atoms with E-state index < -0.39 is 0 Å². The molecular weight excluding hydrogens is 244 g/mol. The fourth-order valence-electron chi connectivity index (χ4n) is 1.12. The van der Waals surface area contributed by atoms with Crippen LogP contribution in [-0.4, -0.2) is 0 Å². The number of rotatable bonds is 1. The molecule has 0 aliphatic rings. The van der Waals surface area contributed by atoms with E-state index in [9.17, 15) is 5.11 Å². The molecule has 0 fully saturated rings. The molecule has 0 saturated heterocycles. The van der Waals surface area contributed by atoms with Gasteiger partial charge in [-0.15, -0.1) is 5.75 Å². The third kappa shape index (κ3) is 2.67. The maximum atomic E-state index is 11.3. The molecular formula is C10H13AgO. The molecule has 0 atom stereocenters. The van der Waals surface area contributed by atoms with Crippen molar-refractivity contribution in [3.63, 3.8) is 0 Å². The van der Waals surface area contributed by atoms with Crippen LogP contribution in [0.2, 0.25) is 0 Å². The molecule has 0 radical (unpaired) electrons. The van der Waals surface area contributed by atoms with Crippen LogP contribution in [0.1, 0.15) is 30.9 Å². The molecule has 1 aromatic rings. The first-order valence-corrected chi connectivity index (χ1v) is 3.89. The summed E-state index contributed by atoms with van der Waals surface area (Å²) in [4.78, 5) is 0. The van der Waals surface area contributed by atoms with Crippen molar-refractivity contribution in [3.05, 3.63) is 29.3 Å². The Morgan fingerprint density at radius 1 is 1.25 bits per heavy atom. The van der Waals surface area contributed by atoms with Gasteiger partial charge in [-0.05, 0) is 12.8 Å². The van der Waals surface area contributed by atoms with Gasteiger partial charge in [0.15, 0.2) is 0 Å². The molecule has 2 heteroatoms. The van der Waals surface area contributed by atoms with Gasteiger partial charge in [0.1, 0.15) is 0 Å². The number of benzene rings is 1. The molecule has 1 rings (SSSR count). The van der Waals surface area contributed by atoms with Crippen LogP contribution in [0.5, 0.6) is 5.75 Å². The Morgan fingerprint density at radius 2 is 1.83 bits per heavy atom. The number of hydrogen-bond donors (Lipinski definition) is 0. The monoisotopic (exact) mass is 256 g/mol. The Kier molecular flexibility index (Phi) is 4.61. The topological polar surface area (TPSA) is 23.1 Å². The second-order valence-corrected chi connectivity index (χ2v) is 3.20. The second-order valence-electron chi connectivity index (χ2n) is 3.20. The Bertz CT molecular complexity index is 256. The summed E-state index contributed by atoms with van der Waals surface area (Å²) in [5.74, 6) is 0.503. The Labute approximate surface area is 89.3 Å². The molecule has 12 heavy (non-hydrogen) atoms. The minimum atomic E-state index is 0. The summed E-state index contributed by atoms with van der Waals surface area (Å²) in [6.45, 7) is 6.00. The van der Waals surface area contributed by atoms with Crippen molar-refractivity contribution in [1.29, 1.82) is 0 Å². The molecule has 0 bridgehead atoms. The van der Waals surface area contributed by atoms with E-state index in [1.165, 1.54) is 0 Å². The van der Waals surface area contributed by atoms with Gasteiger partial charge in [0, 0.05) is 0 Å². The first kappa shape index (κ1) is 11.8. The zero-order chi connectivity index (χ0) is 8.43. The van der Waals surface area contributed by atoms with E-state index >= 15 is 0 Å². The summed E-state index contributed by atoms with van der Waals surface area (Å²) in [5, 5.41) is 11.3. The van der Waals surface area contributed by atoms with Gasteiger partial charge in [-0.2, -0.15) is 0 Å². The van der Waals surface area contributed by atoms with Crippen molar-refractivity contribution in [3.8, 4) is 5.75 Å². The van der Waals surface area contributed by atoms with Gasteiger partial charge in [-0.25, -0.2) is 0 Å². The largest absolute Gasteiger partial charge is 1.00 e. The summed E-state index contributed by atoms with van der Waals surface area (Å²) < 4.78 is 0. The van der Waals surface area contributed by atoms with E-state index in [2.05, 4.69) is 0 Å². The third-order valence-electron chi connectivity index (χ3n) is 1.79. The molecule has 70 valence electrons. The minimum absolute atomic E-state index is 0. The van der Waals surface area contributed by atoms with Crippen LogP contribution in [0.25, 0.3) is 0 Å². The van der Waals surface area contributed by atoms with Crippen LogP contribution in [-0.2, 0) is 22.4 Å². The van der Waals surface area contributed by atoms with Crippen molar-refractivity contribution in [2.24, 2.45) is 0 Å². The summed E-state index contributed by atoms with van der Waals surface area (Å²) in [6.07, 6.45) is 0. The summed E-state index contributed by atoms with van der Waals surface area (Å²) in [6, 6.07) is 5.59. The Balaban J connectivity index is 0.00000121. The Hall–Kier alpha value is -0.240. The van der Waals surface area contributed by atoms with Crippen LogP contribution in [0.15, 0.2) is 18.2 Å². The Morgan fingerprint density at radius 3 is 2.25 bits per heavy atom. The molecule has 0 saturated carbocycles. The normalized spacial score (nSPS) is 9.67. The van der Waals surface area contributed by atoms with Gasteiger partial charge in [0.2, 0.25) is 0 Å². The first-order valence-electron chi connectivity index (χ1n) is 3.89. The van der Waals surface area contributed by atoms with E-state index in [1.54, 1.807) is 6.07 Å². The third-order valence-corrected chi connectivity index (χ3v) is 1.79.